The zero-order chi connectivity index (χ0) is 36.5. The molecule has 0 unspecified atom stereocenters. The summed E-state index contributed by atoms with van der Waals surface area (Å²) in [5.74, 6) is 0. The van der Waals surface area contributed by atoms with E-state index in [1.54, 1.807) is 0 Å². The summed E-state index contributed by atoms with van der Waals surface area (Å²) in [5.41, 5.74) is 14.7. The smallest absolute Gasteiger partial charge is 0.252 e. The van der Waals surface area contributed by atoms with Crippen molar-refractivity contribution in [1.82, 2.24) is 0 Å². The lowest BCUT2D eigenvalue weighted by atomic mass is 9.33. The molecule has 0 fully saturated rings. The van der Waals surface area contributed by atoms with Crippen molar-refractivity contribution >= 4 is 85.1 Å². The van der Waals surface area contributed by atoms with Gasteiger partial charge in [0.1, 0.15) is 0 Å². The lowest BCUT2D eigenvalue weighted by Crippen LogP contribution is -2.61. The highest BCUT2D eigenvalue weighted by Crippen LogP contribution is 2.46. The molecule has 0 aromatic heterocycles. The Kier molecular flexibility index (Phi) is 6.55. The van der Waals surface area contributed by atoms with Crippen LogP contribution in [0.25, 0.3) is 10.8 Å². The Bertz CT molecular complexity index is 2730. The molecule has 0 amide bonds. The van der Waals surface area contributed by atoms with Crippen molar-refractivity contribution in [3.63, 3.8) is 0 Å². The third-order valence-corrected chi connectivity index (χ3v) is 10.6. The van der Waals surface area contributed by atoms with E-state index in [2.05, 4.69) is 186 Å². The van der Waals surface area contributed by atoms with Gasteiger partial charge in [-0.3, -0.25) is 0 Å². The summed E-state index contributed by atoms with van der Waals surface area (Å²) in [6.45, 7) is 4.10. The van der Waals surface area contributed by atoms with Crippen LogP contribution in [0.3, 0.4) is 0 Å². The van der Waals surface area contributed by atoms with Gasteiger partial charge in [-0.05, 0) is 108 Å². The second-order valence-electron chi connectivity index (χ2n) is 13.8. The minimum absolute atomic E-state index is 0.150. The molecule has 2 aliphatic rings. The molecule has 2 aliphatic heterocycles. The van der Waals surface area contributed by atoms with E-state index in [1.165, 1.54) is 27.4 Å². The van der Waals surface area contributed by atoms with Crippen molar-refractivity contribution in [1.29, 1.82) is 0 Å². The van der Waals surface area contributed by atoms with Crippen LogP contribution in [-0.4, -0.2) is 6.71 Å². The molecular formula is C48H36BN3. The third-order valence-electron chi connectivity index (χ3n) is 10.6. The van der Waals surface area contributed by atoms with Crippen molar-refractivity contribution in [3.05, 3.63) is 193 Å². The number of nitrogens with zero attached hydrogens (tertiary/aromatic N) is 3. The molecule has 0 atom stereocenters. The van der Waals surface area contributed by atoms with Gasteiger partial charge in [-0.15, -0.1) is 0 Å². The Morgan fingerprint density at radius 1 is 0.500 bits per heavy atom. The van der Waals surface area contributed by atoms with Gasteiger partial charge in [0.15, 0.2) is 0 Å². The van der Waals surface area contributed by atoms with Crippen molar-refractivity contribution in [3.8, 4) is 0 Å². The first-order valence-corrected chi connectivity index (χ1v) is 17.9. The topological polar surface area (TPSA) is 9.72 Å². The van der Waals surface area contributed by atoms with Crippen LogP contribution in [0.4, 0.5) is 51.2 Å². The van der Waals surface area contributed by atoms with Crippen molar-refractivity contribution < 1.29 is 2.74 Å². The molecule has 0 bridgehead atoms. The first-order chi connectivity index (χ1) is 26.5. The van der Waals surface area contributed by atoms with Crippen LogP contribution >= 0.6 is 0 Å². The maximum Gasteiger partial charge on any atom is 0.252 e. The maximum atomic E-state index is 9.51. The third kappa shape index (κ3) is 4.75. The summed E-state index contributed by atoms with van der Waals surface area (Å²) in [6, 6.07) is 60.5. The van der Waals surface area contributed by atoms with Gasteiger partial charge in [0.25, 0.3) is 6.71 Å². The van der Waals surface area contributed by atoms with Crippen LogP contribution in [0.5, 0.6) is 0 Å². The Balaban J connectivity index is 1.28. The SMILES string of the molecule is [2H]c1cc2c3c(c1[2H])N(c1ccc(C)cc1)c1ccc(C)cc1B3c1ccc(N(c3ccccc3)c3cccc4ccccc34)cc1N2c1ccccc1. The van der Waals surface area contributed by atoms with Gasteiger partial charge in [-0.1, -0.05) is 120 Å². The molecule has 4 heteroatoms. The Morgan fingerprint density at radius 3 is 2.02 bits per heavy atom. The predicted molar refractivity (Wildman–Crippen MR) is 222 cm³/mol. The molecule has 52 heavy (non-hydrogen) atoms. The quantitative estimate of drug-likeness (QED) is 0.169. The number of hydrogen-bond acceptors (Lipinski definition) is 3. The number of rotatable bonds is 5. The fraction of sp³-hybridized carbons (Fsp3) is 0.0417. The Hall–Kier alpha value is -6.52. The van der Waals surface area contributed by atoms with E-state index in [0.29, 0.717) is 0 Å². The van der Waals surface area contributed by atoms with E-state index < -0.39 is 0 Å². The van der Waals surface area contributed by atoms with Gasteiger partial charge in [0.05, 0.1) is 8.43 Å². The van der Waals surface area contributed by atoms with Gasteiger partial charge in [-0.25, -0.2) is 0 Å². The fourth-order valence-corrected chi connectivity index (χ4v) is 8.26. The number of fused-ring (bicyclic) bond motifs is 5. The summed E-state index contributed by atoms with van der Waals surface area (Å²) in [4.78, 5) is 6.88. The highest BCUT2D eigenvalue weighted by Gasteiger charge is 2.43. The minimum Gasteiger partial charge on any atom is -0.311 e. The second-order valence-corrected chi connectivity index (χ2v) is 13.8. The summed E-state index contributed by atoms with van der Waals surface area (Å²) < 4.78 is 18.8. The van der Waals surface area contributed by atoms with Crippen molar-refractivity contribution in [2.45, 2.75) is 13.8 Å². The van der Waals surface area contributed by atoms with Gasteiger partial charge in [0, 0.05) is 50.9 Å². The van der Waals surface area contributed by atoms with E-state index in [9.17, 15) is 2.74 Å². The van der Waals surface area contributed by atoms with E-state index in [1.807, 2.05) is 12.1 Å². The molecule has 0 saturated heterocycles. The van der Waals surface area contributed by atoms with Gasteiger partial charge >= 0.3 is 0 Å². The minimum atomic E-state index is -0.150. The fourth-order valence-electron chi connectivity index (χ4n) is 8.26. The van der Waals surface area contributed by atoms with Crippen LogP contribution in [0.2, 0.25) is 0 Å². The first-order valence-electron chi connectivity index (χ1n) is 18.9. The Labute approximate surface area is 308 Å². The van der Waals surface area contributed by atoms with E-state index >= 15 is 0 Å². The van der Waals surface area contributed by atoms with Gasteiger partial charge < -0.3 is 14.7 Å². The molecule has 2 heterocycles. The molecule has 3 nitrogen and oxygen atoms in total. The van der Waals surface area contributed by atoms with Crippen LogP contribution in [-0.2, 0) is 0 Å². The summed E-state index contributed by atoms with van der Waals surface area (Å²) in [7, 11) is 0. The summed E-state index contributed by atoms with van der Waals surface area (Å²) in [5, 5.41) is 2.36. The molecule has 246 valence electrons. The Morgan fingerprint density at radius 2 is 1.19 bits per heavy atom. The summed E-state index contributed by atoms with van der Waals surface area (Å²) >= 11 is 0. The second kappa shape index (κ2) is 12.1. The monoisotopic (exact) mass is 667 g/mol. The molecule has 10 rings (SSSR count). The van der Waals surface area contributed by atoms with Crippen LogP contribution in [0, 0.1) is 13.8 Å². The zero-order valence-corrected chi connectivity index (χ0v) is 29.1. The molecule has 8 aromatic rings. The summed E-state index contributed by atoms with van der Waals surface area (Å²) in [6.07, 6.45) is 0. The highest BCUT2D eigenvalue weighted by atomic mass is 15.2. The zero-order valence-electron chi connectivity index (χ0n) is 31.1. The molecule has 0 saturated carbocycles. The number of hydrogen-bond donors (Lipinski definition) is 0. The maximum absolute atomic E-state index is 9.51. The largest absolute Gasteiger partial charge is 0.311 e. The average molecular weight is 668 g/mol. The average Bonchev–Trinajstić information content (AvgIpc) is 3.21. The van der Waals surface area contributed by atoms with E-state index in [0.717, 1.165) is 62.1 Å². The number of benzene rings is 8. The van der Waals surface area contributed by atoms with E-state index in [-0.39, 0.29) is 18.8 Å². The standard InChI is InChI=1S/C48H36BN3/c1-33-23-26-38(27-24-33)51-44-30-25-34(2)31-42(44)49-41-29-28-39(32-47(41)52(37-17-7-4-8-18-37)46-22-12-21-45(51)48(46)49)50(36-15-5-3-6-16-36)43-20-11-14-35-13-9-10-19-40(35)43/h3-32H,1-2H3/i12D,21D. The number of para-hydroxylation sites is 2. The molecule has 0 radical (unpaired) electrons. The first kappa shape index (κ1) is 28.2. The molecule has 0 N–H and O–H groups in total. The van der Waals surface area contributed by atoms with Crippen LogP contribution < -0.4 is 31.1 Å². The lowest BCUT2D eigenvalue weighted by Gasteiger charge is -2.44. The van der Waals surface area contributed by atoms with Crippen LogP contribution in [0.15, 0.2) is 182 Å². The highest BCUT2D eigenvalue weighted by molar-refractivity contribution is 7.00. The number of anilines is 9. The normalized spacial score (nSPS) is 13.2. The van der Waals surface area contributed by atoms with E-state index in [4.69, 9.17) is 0 Å². The predicted octanol–water partition coefficient (Wildman–Crippen LogP) is 11.0. The molecule has 0 aliphatic carbocycles. The van der Waals surface area contributed by atoms with Gasteiger partial charge in [-0.2, -0.15) is 0 Å². The van der Waals surface area contributed by atoms with Crippen LogP contribution in [0.1, 0.15) is 13.9 Å². The lowest BCUT2D eigenvalue weighted by molar-refractivity contribution is 1.24. The van der Waals surface area contributed by atoms with Crippen molar-refractivity contribution in [2.24, 2.45) is 0 Å². The number of aryl methyl sites for hydroxylation is 2. The molecule has 0 spiro atoms. The molecular weight excluding hydrogens is 629 g/mol. The van der Waals surface area contributed by atoms with Gasteiger partial charge in [0.2, 0.25) is 0 Å². The van der Waals surface area contributed by atoms with Crippen molar-refractivity contribution in [2.75, 3.05) is 14.7 Å². The molecule has 8 aromatic carbocycles.